The Kier molecular flexibility index (Phi) is 3.38. The largest absolute Gasteiger partial charge is 0.296 e. The van der Waals surface area contributed by atoms with Gasteiger partial charge in [0.1, 0.15) is 5.69 Å². The maximum Gasteiger partial charge on any atom is 0.277 e. The van der Waals surface area contributed by atoms with E-state index in [0.29, 0.717) is 5.13 Å². The Morgan fingerprint density at radius 3 is 2.56 bits per heavy atom. The number of anilines is 1. The second kappa shape index (κ2) is 4.81. The smallest absolute Gasteiger partial charge is 0.277 e. The molecule has 1 amide bonds. The Balaban J connectivity index is 2.11. The highest BCUT2D eigenvalue weighted by Crippen LogP contribution is 2.30. The molecule has 0 aromatic carbocycles. The minimum Gasteiger partial charge on any atom is -0.296 e. The highest BCUT2D eigenvalue weighted by atomic mass is 32.1. The van der Waals surface area contributed by atoms with Crippen LogP contribution >= 0.6 is 11.3 Å². The number of hydrogen-bond donors (Lipinski definition) is 1. The Morgan fingerprint density at radius 2 is 2.00 bits per heavy atom. The molecular weight excluding hydrogens is 248 g/mol. The molecule has 0 aliphatic rings. The lowest BCUT2D eigenvalue weighted by atomic mass is 9.96. The third kappa shape index (κ3) is 2.89. The fourth-order valence-corrected chi connectivity index (χ4v) is 2.13. The molecule has 2 heterocycles. The number of nitrogens with one attached hydrogen (secondary N) is 1. The average Bonchev–Trinajstić information content (AvgIpc) is 2.78. The average molecular weight is 262 g/mol. The molecule has 6 heteroatoms. The zero-order valence-electron chi connectivity index (χ0n) is 10.5. The van der Waals surface area contributed by atoms with E-state index in [1.54, 1.807) is 6.20 Å². The summed E-state index contributed by atoms with van der Waals surface area (Å²) in [6, 6.07) is 0. The number of thiazole rings is 1. The van der Waals surface area contributed by atoms with Gasteiger partial charge in [-0.15, -0.1) is 11.3 Å². The van der Waals surface area contributed by atoms with Crippen LogP contribution in [0.25, 0.3) is 0 Å². The van der Waals surface area contributed by atoms with Crippen LogP contribution in [0.4, 0.5) is 5.13 Å². The first-order valence-electron chi connectivity index (χ1n) is 5.50. The predicted octanol–water partition coefficient (Wildman–Crippen LogP) is 2.48. The lowest BCUT2D eigenvalue weighted by molar-refractivity contribution is 0.102. The second-order valence-electron chi connectivity index (χ2n) is 4.82. The molecule has 0 spiro atoms. The van der Waals surface area contributed by atoms with E-state index in [0.717, 1.165) is 4.88 Å². The van der Waals surface area contributed by atoms with Crippen LogP contribution in [0, 0.1) is 0 Å². The van der Waals surface area contributed by atoms with Crippen molar-refractivity contribution in [3.63, 3.8) is 0 Å². The van der Waals surface area contributed by atoms with Crippen LogP contribution in [0.3, 0.4) is 0 Å². The van der Waals surface area contributed by atoms with Crippen molar-refractivity contribution in [1.82, 2.24) is 15.0 Å². The van der Waals surface area contributed by atoms with Gasteiger partial charge in [-0.05, 0) is 5.41 Å². The monoisotopic (exact) mass is 262 g/mol. The third-order valence-electron chi connectivity index (χ3n) is 2.26. The zero-order chi connectivity index (χ0) is 13.2. The summed E-state index contributed by atoms with van der Waals surface area (Å²) in [5, 5.41) is 3.30. The molecule has 5 nitrogen and oxygen atoms in total. The summed E-state index contributed by atoms with van der Waals surface area (Å²) >= 11 is 1.47. The van der Waals surface area contributed by atoms with Gasteiger partial charge >= 0.3 is 0 Å². The van der Waals surface area contributed by atoms with E-state index in [-0.39, 0.29) is 17.0 Å². The molecule has 2 aromatic rings. The summed E-state index contributed by atoms with van der Waals surface area (Å²) in [5.74, 6) is -0.294. The van der Waals surface area contributed by atoms with Gasteiger partial charge in [-0.3, -0.25) is 15.1 Å². The van der Waals surface area contributed by atoms with Gasteiger partial charge in [-0.2, -0.15) is 0 Å². The first-order valence-corrected chi connectivity index (χ1v) is 6.32. The van der Waals surface area contributed by atoms with Gasteiger partial charge in [0.15, 0.2) is 5.13 Å². The highest BCUT2D eigenvalue weighted by molar-refractivity contribution is 7.15. The summed E-state index contributed by atoms with van der Waals surface area (Å²) in [4.78, 5) is 24.9. The first-order chi connectivity index (χ1) is 8.47. The second-order valence-corrected chi connectivity index (χ2v) is 5.86. The lowest BCUT2D eigenvalue weighted by Gasteiger charge is -2.14. The lowest BCUT2D eigenvalue weighted by Crippen LogP contribution is -2.13. The molecule has 94 valence electrons. The van der Waals surface area contributed by atoms with Crippen molar-refractivity contribution in [2.45, 2.75) is 26.2 Å². The Morgan fingerprint density at radius 1 is 1.22 bits per heavy atom. The summed E-state index contributed by atoms with van der Waals surface area (Å²) < 4.78 is 0. The summed E-state index contributed by atoms with van der Waals surface area (Å²) in [7, 11) is 0. The van der Waals surface area contributed by atoms with Crippen LogP contribution < -0.4 is 5.32 Å². The topological polar surface area (TPSA) is 67.8 Å². The van der Waals surface area contributed by atoms with Gasteiger partial charge in [-0.1, -0.05) is 20.8 Å². The number of nitrogens with zero attached hydrogens (tertiary/aromatic N) is 3. The quantitative estimate of drug-likeness (QED) is 0.902. The predicted molar refractivity (Wildman–Crippen MR) is 70.8 cm³/mol. The number of carbonyl (C=O) groups excluding carboxylic acids is 1. The molecule has 0 atom stereocenters. The molecule has 1 N–H and O–H groups in total. The van der Waals surface area contributed by atoms with E-state index < -0.39 is 0 Å². The van der Waals surface area contributed by atoms with Crippen molar-refractivity contribution in [2.75, 3.05) is 5.32 Å². The van der Waals surface area contributed by atoms with E-state index >= 15 is 0 Å². The van der Waals surface area contributed by atoms with Gasteiger partial charge in [0, 0.05) is 23.5 Å². The number of aromatic nitrogens is 3. The van der Waals surface area contributed by atoms with Crippen molar-refractivity contribution in [1.29, 1.82) is 0 Å². The van der Waals surface area contributed by atoms with E-state index in [2.05, 4.69) is 41.0 Å². The summed E-state index contributed by atoms with van der Waals surface area (Å²) in [5.41, 5.74) is 0.317. The zero-order valence-corrected chi connectivity index (χ0v) is 11.3. The number of amides is 1. The van der Waals surface area contributed by atoms with Crippen LogP contribution in [0.5, 0.6) is 0 Å². The van der Waals surface area contributed by atoms with Crippen molar-refractivity contribution in [3.05, 3.63) is 35.4 Å². The molecule has 0 bridgehead atoms. The Hall–Kier alpha value is -1.82. The molecule has 18 heavy (non-hydrogen) atoms. The molecule has 0 saturated heterocycles. The van der Waals surface area contributed by atoms with Gasteiger partial charge in [0.25, 0.3) is 5.91 Å². The highest BCUT2D eigenvalue weighted by Gasteiger charge is 2.18. The standard InChI is InChI=1S/C12H14N4OS/c1-12(2,3)9-7-15-11(18-9)16-10(17)8-6-13-4-5-14-8/h4-7H,1-3H3,(H,15,16,17). The Bertz CT molecular complexity index is 545. The minimum absolute atomic E-state index is 0.0349. The van der Waals surface area contributed by atoms with E-state index in [1.165, 1.54) is 29.9 Å². The van der Waals surface area contributed by atoms with Crippen molar-refractivity contribution >= 4 is 22.4 Å². The van der Waals surface area contributed by atoms with E-state index in [1.807, 2.05) is 0 Å². The van der Waals surface area contributed by atoms with Crippen LogP contribution in [0.2, 0.25) is 0 Å². The molecule has 0 saturated carbocycles. The normalized spacial score (nSPS) is 11.3. The van der Waals surface area contributed by atoms with Crippen molar-refractivity contribution in [3.8, 4) is 0 Å². The molecule has 0 fully saturated rings. The number of hydrogen-bond acceptors (Lipinski definition) is 5. The van der Waals surface area contributed by atoms with E-state index in [9.17, 15) is 4.79 Å². The van der Waals surface area contributed by atoms with Crippen molar-refractivity contribution in [2.24, 2.45) is 0 Å². The third-order valence-corrected chi connectivity index (χ3v) is 3.60. The molecular formula is C12H14N4OS. The molecule has 0 aliphatic carbocycles. The van der Waals surface area contributed by atoms with Gasteiger partial charge in [0.05, 0.1) is 6.20 Å². The minimum atomic E-state index is -0.294. The molecule has 2 rings (SSSR count). The van der Waals surface area contributed by atoms with Gasteiger partial charge in [-0.25, -0.2) is 9.97 Å². The molecule has 2 aromatic heterocycles. The first kappa shape index (κ1) is 12.6. The van der Waals surface area contributed by atoms with Crippen LogP contribution in [0.1, 0.15) is 36.1 Å². The Labute approximate surface area is 109 Å². The van der Waals surface area contributed by atoms with Crippen LogP contribution in [0.15, 0.2) is 24.8 Å². The maximum absolute atomic E-state index is 11.8. The molecule has 0 aliphatic heterocycles. The fraction of sp³-hybridized carbons (Fsp3) is 0.333. The summed E-state index contributed by atoms with van der Waals surface area (Å²) in [6.45, 7) is 6.32. The van der Waals surface area contributed by atoms with Crippen molar-refractivity contribution < 1.29 is 4.79 Å². The molecule has 0 unspecified atom stereocenters. The van der Waals surface area contributed by atoms with Crippen LogP contribution in [-0.4, -0.2) is 20.9 Å². The summed E-state index contributed by atoms with van der Waals surface area (Å²) in [6.07, 6.45) is 6.22. The maximum atomic E-state index is 11.8. The van der Waals surface area contributed by atoms with E-state index in [4.69, 9.17) is 0 Å². The fourth-order valence-electron chi connectivity index (χ4n) is 1.26. The van der Waals surface area contributed by atoms with Gasteiger partial charge < -0.3 is 0 Å². The number of rotatable bonds is 2. The number of carbonyl (C=O) groups is 1. The van der Waals surface area contributed by atoms with Crippen LogP contribution in [-0.2, 0) is 5.41 Å². The molecule has 0 radical (unpaired) electrons. The SMILES string of the molecule is CC(C)(C)c1cnc(NC(=O)c2cnccn2)s1. The van der Waals surface area contributed by atoms with Gasteiger partial charge in [0.2, 0.25) is 0 Å².